The molecule has 32 heavy (non-hydrogen) atoms. The Hall–Kier alpha value is -3.67. The summed E-state index contributed by atoms with van der Waals surface area (Å²) in [4.78, 5) is 29.4. The second-order valence-electron chi connectivity index (χ2n) is 8.02. The van der Waals surface area contributed by atoms with Gasteiger partial charge in [0.05, 0.1) is 6.04 Å². The molecule has 2 heterocycles. The van der Waals surface area contributed by atoms with Gasteiger partial charge in [0.25, 0.3) is 5.56 Å². The molecule has 0 aliphatic carbocycles. The molecule has 0 saturated carbocycles. The number of rotatable bonds is 6. The molecular formula is C26H25FN2O3. The molecule has 0 unspecified atom stereocenters. The fourth-order valence-electron chi connectivity index (χ4n) is 4.24. The molecule has 3 aromatic rings. The molecule has 4 rings (SSSR count). The fraction of sp³-hybridized carbons (Fsp3) is 0.231. The molecule has 1 aliphatic rings. The topological polar surface area (TPSA) is 62.4 Å². The Balaban J connectivity index is 1.53. The van der Waals surface area contributed by atoms with E-state index in [1.807, 2.05) is 31.2 Å². The van der Waals surface area contributed by atoms with Crippen molar-refractivity contribution in [2.75, 3.05) is 6.54 Å². The first-order chi connectivity index (χ1) is 15.4. The summed E-state index contributed by atoms with van der Waals surface area (Å²) in [6, 6.07) is 17.0. The van der Waals surface area contributed by atoms with E-state index in [2.05, 4.69) is 11.6 Å². The maximum Gasteiger partial charge on any atom is 0.411 e. The first kappa shape index (κ1) is 21.6. The van der Waals surface area contributed by atoms with Crippen LogP contribution in [0.3, 0.4) is 0 Å². The maximum absolute atomic E-state index is 13.4. The van der Waals surface area contributed by atoms with Gasteiger partial charge in [0, 0.05) is 31.1 Å². The SMILES string of the molecule is C=CC[C@]1(c2ccc(F)cc2)CCN([C@@H](C)c2ccc(-c3ccc[nH]c3=O)cc2)C(=O)O1. The van der Waals surface area contributed by atoms with Crippen molar-refractivity contribution in [1.82, 2.24) is 9.88 Å². The van der Waals surface area contributed by atoms with Gasteiger partial charge in [-0.25, -0.2) is 9.18 Å². The Labute approximate surface area is 186 Å². The van der Waals surface area contributed by atoms with Crippen molar-refractivity contribution in [3.8, 4) is 11.1 Å². The van der Waals surface area contributed by atoms with Crippen molar-refractivity contribution in [2.45, 2.75) is 31.4 Å². The molecular weight excluding hydrogens is 407 g/mol. The first-order valence-electron chi connectivity index (χ1n) is 10.6. The van der Waals surface area contributed by atoms with Crippen molar-refractivity contribution in [3.63, 3.8) is 0 Å². The van der Waals surface area contributed by atoms with E-state index in [0.717, 1.165) is 16.7 Å². The van der Waals surface area contributed by atoms with Gasteiger partial charge in [-0.3, -0.25) is 4.79 Å². The zero-order chi connectivity index (χ0) is 22.7. The molecule has 2 aromatic carbocycles. The van der Waals surface area contributed by atoms with Gasteiger partial charge in [-0.15, -0.1) is 6.58 Å². The lowest BCUT2D eigenvalue weighted by molar-refractivity contribution is -0.0588. The van der Waals surface area contributed by atoms with Gasteiger partial charge in [0.1, 0.15) is 11.4 Å². The van der Waals surface area contributed by atoms with Gasteiger partial charge in [-0.1, -0.05) is 42.5 Å². The molecule has 0 radical (unpaired) electrons. The summed E-state index contributed by atoms with van der Waals surface area (Å²) >= 11 is 0. The lowest BCUT2D eigenvalue weighted by atomic mass is 9.85. The predicted octanol–water partition coefficient (Wildman–Crippen LogP) is 5.56. The zero-order valence-corrected chi connectivity index (χ0v) is 17.9. The summed E-state index contributed by atoms with van der Waals surface area (Å²) in [5, 5.41) is 0. The summed E-state index contributed by atoms with van der Waals surface area (Å²) < 4.78 is 19.4. The van der Waals surface area contributed by atoms with Crippen molar-refractivity contribution in [2.24, 2.45) is 0 Å². The normalized spacial score (nSPS) is 19.3. The molecule has 6 heteroatoms. The molecule has 1 saturated heterocycles. The van der Waals surface area contributed by atoms with Crippen LogP contribution in [-0.4, -0.2) is 22.5 Å². The molecule has 0 spiro atoms. The number of nitrogens with one attached hydrogen (secondary N) is 1. The number of pyridine rings is 1. The Kier molecular flexibility index (Phi) is 5.95. The Morgan fingerprint density at radius 1 is 1.16 bits per heavy atom. The first-order valence-corrected chi connectivity index (χ1v) is 10.6. The van der Waals surface area contributed by atoms with Gasteiger partial charge in [0.15, 0.2) is 0 Å². The summed E-state index contributed by atoms with van der Waals surface area (Å²) in [6.07, 6.45) is 3.92. The van der Waals surface area contributed by atoms with E-state index in [1.165, 1.54) is 12.1 Å². The number of aromatic amines is 1. The Bertz CT molecular complexity index is 1170. The smallest absolute Gasteiger partial charge is 0.411 e. The van der Waals surface area contributed by atoms with Crippen LogP contribution in [0.4, 0.5) is 9.18 Å². The molecule has 1 aromatic heterocycles. The maximum atomic E-state index is 13.4. The second-order valence-corrected chi connectivity index (χ2v) is 8.02. The number of H-pyrrole nitrogens is 1. The Morgan fingerprint density at radius 3 is 2.50 bits per heavy atom. The van der Waals surface area contributed by atoms with Crippen LogP contribution in [0.1, 0.15) is 36.9 Å². The quantitative estimate of drug-likeness (QED) is 0.519. The number of benzene rings is 2. The monoisotopic (exact) mass is 432 g/mol. The van der Waals surface area contributed by atoms with Crippen molar-refractivity contribution in [1.29, 1.82) is 0 Å². The number of cyclic esters (lactones) is 1. The number of nitrogens with zero attached hydrogens (tertiary/aromatic N) is 1. The molecule has 2 atom stereocenters. The third kappa shape index (κ3) is 4.08. The molecule has 1 amide bonds. The van der Waals surface area contributed by atoms with Crippen LogP contribution in [0.25, 0.3) is 11.1 Å². The number of halogens is 1. The van der Waals surface area contributed by atoms with Crippen LogP contribution >= 0.6 is 0 Å². The molecule has 5 nitrogen and oxygen atoms in total. The minimum Gasteiger partial charge on any atom is -0.437 e. The average Bonchev–Trinajstić information content (AvgIpc) is 2.80. The van der Waals surface area contributed by atoms with Gasteiger partial charge in [0.2, 0.25) is 0 Å². The van der Waals surface area contributed by atoms with Crippen molar-refractivity contribution in [3.05, 3.63) is 107 Å². The molecule has 1 aliphatic heterocycles. The largest absolute Gasteiger partial charge is 0.437 e. The fourth-order valence-corrected chi connectivity index (χ4v) is 4.24. The number of hydrogen-bond donors (Lipinski definition) is 1. The predicted molar refractivity (Wildman–Crippen MR) is 122 cm³/mol. The number of aromatic nitrogens is 1. The van der Waals surface area contributed by atoms with Gasteiger partial charge < -0.3 is 14.6 Å². The third-order valence-electron chi connectivity index (χ3n) is 6.11. The highest BCUT2D eigenvalue weighted by atomic mass is 19.1. The van der Waals surface area contributed by atoms with Crippen LogP contribution < -0.4 is 5.56 Å². The summed E-state index contributed by atoms with van der Waals surface area (Å²) in [7, 11) is 0. The minimum atomic E-state index is -0.846. The van der Waals surface area contributed by atoms with Crippen LogP contribution in [0, 0.1) is 5.82 Å². The standard InChI is InChI=1S/C26H25FN2O3/c1-3-14-26(21-10-12-22(27)13-11-21)15-17-29(25(31)32-26)18(2)19-6-8-20(9-7-19)23-5-4-16-28-24(23)30/h3-13,16,18H,1,14-15,17H2,2H3,(H,28,30)/t18-,26+/m0/s1. The van der Waals surface area contributed by atoms with E-state index in [0.29, 0.717) is 24.9 Å². The van der Waals surface area contributed by atoms with Crippen LogP contribution in [0.2, 0.25) is 0 Å². The van der Waals surface area contributed by atoms with Crippen LogP contribution in [-0.2, 0) is 10.3 Å². The highest BCUT2D eigenvalue weighted by Crippen LogP contribution is 2.40. The van der Waals surface area contributed by atoms with Crippen molar-refractivity contribution >= 4 is 6.09 Å². The lowest BCUT2D eigenvalue weighted by Gasteiger charge is -2.43. The second kappa shape index (κ2) is 8.83. The van der Waals surface area contributed by atoms with Gasteiger partial charge in [-0.05, 0) is 47.9 Å². The van der Waals surface area contributed by atoms with Crippen LogP contribution in [0.15, 0.2) is 84.3 Å². The summed E-state index contributed by atoms with van der Waals surface area (Å²) in [6.45, 7) is 6.25. The molecule has 164 valence electrons. The third-order valence-corrected chi connectivity index (χ3v) is 6.11. The van der Waals surface area contributed by atoms with Crippen LogP contribution in [0.5, 0.6) is 0 Å². The van der Waals surface area contributed by atoms with E-state index >= 15 is 0 Å². The van der Waals surface area contributed by atoms with E-state index in [4.69, 9.17) is 4.74 Å². The molecule has 1 N–H and O–H groups in total. The average molecular weight is 432 g/mol. The minimum absolute atomic E-state index is 0.146. The van der Waals surface area contributed by atoms with Crippen molar-refractivity contribution < 1.29 is 13.9 Å². The molecule has 1 fully saturated rings. The number of hydrogen-bond acceptors (Lipinski definition) is 3. The highest BCUT2D eigenvalue weighted by Gasteiger charge is 2.42. The molecule has 0 bridgehead atoms. The zero-order valence-electron chi connectivity index (χ0n) is 17.9. The van der Waals surface area contributed by atoms with E-state index in [1.54, 1.807) is 41.4 Å². The number of carbonyl (C=O) groups is 1. The van der Waals surface area contributed by atoms with Gasteiger partial charge in [-0.2, -0.15) is 0 Å². The highest BCUT2D eigenvalue weighted by molar-refractivity contribution is 5.70. The van der Waals surface area contributed by atoms with E-state index in [-0.39, 0.29) is 17.4 Å². The number of ether oxygens (including phenoxy) is 1. The Morgan fingerprint density at radius 2 is 1.88 bits per heavy atom. The van der Waals surface area contributed by atoms with E-state index in [9.17, 15) is 14.0 Å². The van der Waals surface area contributed by atoms with Gasteiger partial charge >= 0.3 is 6.09 Å². The lowest BCUT2D eigenvalue weighted by Crippen LogP contribution is -2.48. The summed E-state index contributed by atoms with van der Waals surface area (Å²) in [5.41, 5.74) is 2.11. The van der Waals surface area contributed by atoms with E-state index < -0.39 is 11.7 Å². The number of carbonyl (C=O) groups excluding carboxylic acids is 1. The summed E-state index contributed by atoms with van der Waals surface area (Å²) in [5.74, 6) is -0.333. The number of amides is 1.